The number of ether oxygens (including phenoxy) is 7. The number of hydrogen-bond acceptors (Lipinski definition) is 12. The van der Waals surface area contributed by atoms with Crippen molar-refractivity contribution in [2.24, 2.45) is 0 Å². The average molecular weight is 526 g/mol. The number of methoxy groups -OCH3 is 1. The number of hydrogen-bond donors (Lipinski definition) is 0. The molecule has 13 nitrogen and oxygen atoms in total. The minimum atomic E-state index is -0.901. The van der Waals surface area contributed by atoms with Crippen LogP contribution in [0.25, 0.3) is 0 Å². The van der Waals surface area contributed by atoms with Crippen LogP contribution in [0.2, 0.25) is 0 Å². The van der Waals surface area contributed by atoms with Crippen molar-refractivity contribution in [2.45, 2.75) is 89.7 Å². The number of carbonyl (C=O) groups excluding carboxylic acids is 3. The van der Waals surface area contributed by atoms with Gasteiger partial charge in [-0.05, 0) is 26.0 Å². The molecular weight excluding hydrogens is 494 g/mol. The van der Waals surface area contributed by atoms with E-state index in [0.29, 0.717) is 0 Å². The lowest BCUT2D eigenvalue weighted by Gasteiger charge is -2.44. The normalized spacial score (nSPS) is 31.7. The quantitative estimate of drug-likeness (QED) is 0.211. The first-order valence-electron chi connectivity index (χ1n) is 11.8. The molecule has 0 amide bonds. The predicted octanol–water partition coefficient (Wildman–Crippen LogP) is 2.29. The van der Waals surface area contributed by atoms with Crippen LogP contribution in [0.5, 0.6) is 0 Å². The standard InChI is InChI=1S/C24H31NO12/c1-12-22(35-15(4)27)18(34-14(3)26)11-21(33-12)37-23-13(2)32-20(31-5)10-19(23)36-24(28)16-6-8-17(9-7-16)25(29)30/h6-9,12-13,18-23H,10-11H2,1-5H3/t12-,13-,18-,19-,20+,21-,22-,23-/m1/s1. The number of nitro groups is 1. The lowest BCUT2D eigenvalue weighted by Crippen LogP contribution is -2.56. The van der Waals surface area contributed by atoms with Crippen LogP contribution < -0.4 is 0 Å². The number of carbonyl (C=O) groups is 3. The zero-order valence-electron chi connectivity index (χ0n) is 21.2. The number of rotatable bonds is 8. The molecule has 0 unspecified atom stereocenters. The molecule has 1 aromatic rings. The first-order valence-corrected chi connectivity index (χ1v) is 11.8. The Labute approximate surface area is 213 Å². The highest BCUT2D eigenvalue weighted by Gasteiger charge is 2.46. The van der Waals surface area contributed by atoms with E-state index >= 15 is 0 Å². The van der Waals surface area contributed by atoms with Gasteiger partial charge in [0, 0.05) is 45.9 Å². The van der Waals surface area contributed by atoms with Gasteiger partial charge in [-0.3, -0.25) is 19.7 Å². The molecule has 0 aliphatic carbocycles. The van der Waals surface area contributed by atoms with Crippen molar-refractivity contribution in [3.63, 3.8) is 0 Å². The average Bonchev–Trinajstić information content (AvgIpc) is 2.82. The van der Waals surface area contributed by atoms with Gasteiger partial charge in [-0.1, -0.05) is 0 Å². The van der Waals surface area contributed by atoms with Gasteiger partial charge in [0.1, 0.15) is 18.3 Å². The summed E-state index contributed by atoms with van der Waals surface area (Å²) >= 11 is 0. The zero-order valence-corrected chi connectivity index (χ0v) is 21.2. The third-order valence-corrected chi connectivity index (χ3v) is 6.00. The summed E-state index contributed by atoms with van der Waals surface area (Å²) in [5, 5.41) is 10.9. The zero-order chi connectivity index (χ0) is 27.3. The van der Waals surface area contributed by atoms with Crippen molar-refractivity contribution < 1.29 is 52.5 Å². The molecule has 2 heterocycles. The van der Waals surface area contributed by atoms with Crippen molar-refractivity contribution in [3.05, 3.63) is 39.9 Å². The van der Waals surface area contributed by atoms with Gasteiger partial charge in [-0.25, -0.2) is 4.79 Å². The molecule has 8 atom stereocenters. The molecule has 0 saturated carbocycles. The minimum absolute atomic E-state index is 0.0574. The molecule has 2 fully saturated rings. The Kier molecular flexibility index (Phi) is 9.54. The maximum atomic E-state index is 12.8. The van der Waals surface area contributed by atoms with Gasteiger partial charge < -0.3 is 33.2 Å². The van der Waals surface area contributed by atoms with E-state index < -0.39 is 72.0 Å². The number of esters is 3. The van der Waals surface area contributed by atoms with Crippen LogP contribution in [0.15, 0.2) is 24.3 Å². The van der Waals surface area contributed by atoms with Crippen LogP contribution in [0.4, 0.5) is 5.69 Å². The van der Waals surface area contributed by atoms with Crippen LogP contribution in [0.3, 0.4) is 0 Å². The van der Waals surface area contributed by atoms with Crippen LogP contribution in [-0.4, -0.2) is 79.1 Å². The second-order valence-electron chi connectivity index (χ2n) is 8.82. The molecule has 3 rings (SSSR count). The topological polar surface area (TPSA) is 159 Å². The Balaban J connectivity index is 1.75. The molecule has 0 spiro atoms. The number of non-ortho nitro benzene ring substituents is 1. The Morgan fingerprint density at radius 3 is 1.97 bits per heavy atom. The van der Waals surface area contributed by atoms with Crippen molar-refractivity contribution >= 4 is 23.6 Å². The van der Waals surface area contributed by atoms with Crippen LogP contribution in [0, 0.1) is 10.1 Å². The monoisotopic (exact) mass is 525 g/mol. The van der Waals surface area contributed by atoms with Crippen LogP contribution in [-0.2, 0) is 42.7 Å². The predicted molar refractivity (Wildman–Crippen MR) is 123 cm³/mol. The highest BCUT2D eigenvalue weighted by Crippen LogP contribution is 2.32. The van der Waals surface area contributed by atoms with Gasteiger partial charge in [0.15, 0.2) is 18.7 Å². The molecule has 1 aromatic carbocycles. The molecular formula is C24H31NO12. The van der Waals surface area contributed by atoms with E-state index in [1.807, 2.05) is 0 Å². The Morgan fingerprint density at radius 2 is 1.41 bits per heavy atom. The lowest BCUT2D eigenvalue weighted by molar-refractivity contribution is -0.384. The minimum Gasteiger partial charge on any atom is -0.458 e. The maximum absolute atomic E-state index is 12.8. The second kappa shape index (κ2) is 12.4. The van der Waals surface area contributed by atoms with Crippen molar-refractivity contribution in [2.75, 3.05) is 7.11 Å². The molecule has 204 valence electrons. The third-order valence-electron chi connectivity index (χ3n) is 6.00. The number of nitrogens with zero attached hydrogens (tertiary/aromatic N) is 1. The second-order valence-corrected chi connectivity index (χ2v) is 8.82. The number of nitro benzene ring substituents is 1. The third kappa shape index (κ3) is 7.44. The maximum Gasteiger partial charge on any atom is 0.338 e. The summed E-state index contributed by atoms with van der Waals surface area (Å²) < 4.78 is 39.6. The first kappa shape index (κ1) is 28.4. The van der Waals surface area contributed by atoms with Crippen molar-refractivity contribution in [1.29, 1.82) is 0 Å². The van der Waals surface area contributed by atoms with E-state index in [-0.39, 0.29) is 24.1 Å². The fraction of sp³-hybridized carbons (Fsp3) is 0.625. The van der Waals surface area contributed by atoms with E-state index in [9.17, 15) is 24.5 Å². The molecule has 0 radical (unpaired) electrons. The lowest BCUT2D eigenvalue weighted by atomic mass is 9.99. The Hall–Kier alpha value is -3.13. The summed E-state index contributed by atoms with van der Waals surface area (Å²) in [5.74, 6) is -1.81. The molecule has 0 N–H and O–H groups in total. The summed E-state index contributed by atoms with van der Waals surface area (Å²) in [6.45, 7) is 5.88. The van der Waals surface area contributed by atoms with Gasteiger partial charge in [0.05, 0.1) is 22.7 Å². The molecule has 37 heavy (non-hydrogen) atoms. The van der Waals surface area contributed by atoms with Crippen LogP contribution >= 0.6 is 0 Å². The van der Waals surface area contributed by atoms with Crippen molar-refractivity contribution in [1.82, 2.24) is 0 Å². The van der Waals surface area contributed by atoms with Crippen LogP contribution in [0.1, 0.15) is 50.9 Å². The van der Waals surface area contributed by atoms with Crippen molar-refractivity contribution in [3.8, 4) is 0 Å². The van der Waals surface area contributed by atoms with E-state index in [1.165, 1.54) is 45.2 Å². The van der Waals surface area contributed by atoms with Gasteiger partial charge in [-0.15, -0.1) is 0 Å². The van der Waals surface area contributed by atoms with E-state index in [2.05, 4.69) is 0 Å². The summed E-state index contributed by atoms with van der Waals surface area (Å²) in [6, 6.07) is 5.03. The fourth-order valence-corrected chi connectivity index (χ4v) is 4.34. The molecule has 0 aromatic heterocycles. The largest absolute Gasteiger partial charge is 0.458 e. The van der Waals surface area contributed by atoms with Gasteiger partial charge in [0.2, 0.25) is 0 Å². The molecule has 2 aliphatic rings. The molecule has 2 aliphatic heterocycles. The van der Waals surface area contributed by atoms with Gasteiger partial charge in [0.25, 0.3) is 5.69 Å². The summed E-state index contributed by atoms with van der Waals surface area (Å²) in [7, 11) is 1.46. The molecule has 0 bridgehead atoms. The molecule has 13 heteroatoms. The SMILES string of the molecule is CO[C@@H]1C[C@@H](OC(=O)c2ccc([N+](=O)[O-])cc2)[C@H](O[C@@H]2C[C@@H](OC(C)=O)[C@H](OC(C)=O)[C@@H](C)O2)[C@@H](C)O1. The van der Waals surface area contributed by atoms with Gasteiger partial charge in [-0.2, -0.15) is 0 Å². The Bertz CT molecular complexity index is 982. The van der Waals surface area contributed by atoms with Gasteiger partial charge >= 0.3 is 17.9 Å². The molecule has 2 saturated heterocycles. The highest BCUT2D eigenvalue weighted by molar-refractivity contribution is 5.89. The van der Waals surface area contributed by atoms with E-state index in [1.54, 1.807) is 13.8 Å². The first-order chi connectivity index (χ1) is 17.5. The summed E-state index contributed by atoms with van der Waals surface area (Å²) in [4.78, 5) is 46.4. The smallest absolute Gasteiger partial charge is 0.338 e. The summed E-state index contributed by atoms with van der Waals surface area (Å²) in [5.41, 5.74) is -0.0333. The highest BCUT2D eigenvalue weighted by atomic mass is 16.7. The van der Waals surface area contributed by atoms with E-state index in [0.717, 1.165) is 0 Å². The Morgan fingerprint density at radius 1 is 0.865 bits per heavy atom. The summed E-state index contributed by atoms with van der Waals surface area (Å²) in [6.07, 6.45) is -5.89. The number of benzene rings is 1. The van der Waals surface area contributed by atoms with E-state index in [4.69, 9.17) is 33.2 Å². The fourth-order valence-electron chi connectivity index (χ4n) is 4.34.